The second-order valence-electron chi connectivity index (χ2n) is 8.26. The average molecular weight is 402 g/mol. The first-order valence-electron chi connectivity index (χ1n) is 10.8. The summed E-state index contributed by atoms with van der Waals surface area (Å²) in [5.74, 6) is 0. The van der Waals surface area contributed by atoms with Crippen molar-refractivity contribution in [1.29, 1.82) is 0 Å². The van der Waals surface area contributed by atoms with Crippen LogP contribution in [0.1, 0.15) is 41.6 Å². The van der Waals surface area contributed by atoms with Crippen LogP contribution >= 0.6 is 0 Å². The zero-order valence-electron chi connectivity index (χ0n) is 17.4. The molecule has 3 aromatic heterocycles. The number of aromatic amines is 1. The van der Waals surface area contributed by atoms with E-state index in [0.29, 0.717) is 6.54 Å². The minimum atomic E-state index is 0.0636. The molecule has 30 heavy (non-hydrogen) atoms. The van der Waals surface area contributed by atoms with Gasteiger partial charge in [0.25, 0.3) is 5.56 Å². The fourth-order valence-corrected chi connectivity index (χ4v) is 4.63. The Bertz CT molecular complexity index is 1260. The van der Waals surface area contributed by atoms with E-state index in [9.17, 15) is 4.79 Å². The molecule has 1 aliphatic rings. The fourth-order valence-electron chi connectivity index (χ4n) is 4.63. The first kappa shape index (κ1) is 19.0. The summed E-state index contributed by atoms with van der Waals surface area (Å²) in [4.78, 5) is 17.4. The highest BCUT2D eigenvalue weighted by Gasteiger charge is 2.18. The van der Waals surface area contributed by atoms with Crippen LogP contribution in [0.2, 0.25) is 0 Å². The maximum Gasteiger partial charge on any atom is 0.262 e. The second kappa shape index (κ2) is 8.03. The zero-order chi connectivity index (χ0) is 20.5. The number of hydrogen-bond acceptors (Lipinski definition) is 4. The standard InChI is InChI=1S/C24H27N5O/c1-16-22-23(28-27-16)20-13-18-5-2-3-6-19(18)14-21(20)29(24(22)30)12-4-9-26-15-17-7-10-25-11-8-17/h7-8,10-11,13-14,26H,2-6,9,12,15H2,1H3,(H,27,28). The topological polar surface area (TPSA) is 75.6 Å². The Morgan fingerprint density at radius 1 is 1.13 bits per heavy atom. The Hall–Kier alpha value is -2.99. The first-order chi connectivity index (χ1) is 14.7. The van der Waals surface area contributed by atoms with Crippen LogP contribution in [0.15, 0.2) is 41.5 Å². The molecule has 0 saturated carbocycles. The Morgan fingerprint density at radius 2 is 1.90 bits per heavy atom. The van der Waals surface area contributed by atoms with E-state index in [1.807, 2.05) is 36.0 Å². The summed E-state index contributed by atoms with van der Waals surface area (Å²) >= 11 is 0. The molecule has 4 aromatic rings. The number of fused-ring (bicyclic) bond motifs is 4. The molecule has 1 aromatic carbocycles. The third-order valence-corrected chi connectivity index (χ3v) is 6.23. The van der Waals surface area contributed by atoms with Crippen molar-refractivity contribution in [2.24, 2.45) is 0 Å². The number of pyridine rings is 2. The summed E-state index contributed by atoms with van der Waals surface area (Å²) in [6.07, 6.45) is 9.20. The number of hydrogen-bond donors (Lipinski definition) is 2. The molecule has 0 amide bonds. The van der Waals surface area contributed by atoms with Crippen LogP contribution in [0.4, 0.5) is 0 Å². The van der Waals surface area contributed by atoms with E-state index in [-0.39, 0.29) is 5.56 Å². The van der Waals surface area contributed by atoms with Gasteiger partial charge in [0.2, 0.25) is 0 Å². The van der Waals surface area contributed by atoms with Gasteiger partial charge in [0.15, 0.2) is 0 Å². The van der Waals surface area contributed by atoms with Crippen molar-refractivity contribution in [3.63, 3.8) is 0 Å². The van der Waals surface area contributed by atoms with E-state index in [1.165, 1.54) is 29.5 Å². The van der Waals surface area contributed by atoms with Crippen molar-refractivity contribution in [2.45, 2.75) is 52.1 Å². The minimum absolute atomic E-state index is 0.0636. The van der Waals surface area contributed by atoms with Gasteiger partial charge in [-0.2, -0.15) is 5.10 Å². The largest absolute Gasteiger partial charge is 0.313 e. The predicted octanol–water partition coefficient (Wildman–Crippen LogP) is 3.64. The van der Waals surface area contributed by atoms with Crippen LogP contribution in [-0.2, 0) is 25.9 Å². The lowest BCUT2D eigenvalue weighted by atomic mass is 9.90. The molecule has 0 saturated heterocycles. The molecule has 0 aliphatic heterocycles. The summed E-state index contributed by atoms with van der Waals surface area (Å²) < 4.78 is 1.96. The van der Waals surface area contributed by atoms with E-state index in [1.54, 1.807) is 0 Å². The van der Waals surface area contributed by atoms with Gasteiger partial charge in [0.1, 0.15) is 5.52 Å². The Labute approximate surface area is 175 Å². The minimum Gasteiger partial charge on any atom is -0.313 e. The number of rotatable bonds is 6. The van der Waals surface area contributed by atoms with Gasteiger partial charge in [-0.25, -0.2) is 0 Å². The van der Waals surface area contributed by atoms with Crippen molar-refractivity contribution >= 4 is 21.8 Å². The number of H-pyrrole nitrogens is 1. The zero-order valence-corrected chi connectivity index (χ0v) is 17.4. The Balaban J connectivity index is 1.46. The molecule has 6 nitrogen and oxygen atoms in total. The highest BCUT2D eigenvalue weighted by atomic mass is 16.1. The van der Waals surface area contributed by atoms with Crippen molar-refractivity contribution in [3.8, 4) is 0 Å². The quantitative estimate of drug-likeness (QED) is 0.484. The third kappa shape index (κ3) is 3.41. The van der Waals surface area contributed by atoms with E-state index in [4.69, 9.17) is 0 Å². The normalized spacial score (nSPS) is 13.8. The predicted molar refractivity (Wildman–Crippen MR) is 120 cm³/mol. The SMILES string of the molecule is Cc1[nH]nc2c1c(=O)n(CCCNCc1ccncc1)c1cc3c(cc21)CCCC3. The second-order valence-corrected chi connectivity index (χ2v) is 8.26. The van der Waals surface area contributed by atoms with Gasteiger partial charge in [-0.05, 0) is 86.5 Å². The van der Waals surface area contributed by atoms with E-state index in [0.717, 1.165) is 59.9 Å². The Morgan fingerprint density at radius 3 is 2.70 bits per heavy atom. The average Bonchev–Trinajstić information content (AvgIpc) is 3.17. The van der Waals surface area contributed by atoms with Gasteiger partial charge in [-0.1, -0.05) is 0 Å². The van der Waals surface area contributed by atoms with Crippen LogP contribution in [0, 0.1) is 6.92 Å². The van der Waals surface area contributed by atoms with Crippen LogP contribution < -0.4 is 10.9 Å². The van der Waals surface area contributed by atoms with E-state index >= 15 is 0 Å². The lowest BCUT2D eigenvalue weighted by Gasteiger charge is -2.19. The highest BCUT2D eigenvalue weighted by molar-refractivity contribution is 6.04. The monoisotopic (exact) mass is 401 g/mol. The molecule has 0 atom stereocenters. The van der Waals surface area contributed by atoms with Crippen LogP contribution in [-0.4, -0.2) is 26.3 Å². The molecule has 0 radical (unpaired) electrons. The molecule has 0 fully saturated rings. The maximum atomic E-state index is 13.4. The summed E-state index contributed by atoms with van der Waals surface area (Å²) in [6.45, 7) is 4.29. The number of nitrogens with zero attached hydrogens (tertiary/aromatic N) is 3. The molecule has 0 bridgehead atoms. The molecular formula is C24H27N5O. The summed E-state index contributed by atoms with van der Waals surface area (Å²) in [6, 6.07) is 8.57. The van der Waals surface area contributed by atoms with Crippen molar-refractivity contribution in [2.75, 3.05) is 6.54 Å². The molecule has 3 heterocycles. The maximum absolute atomic E-state index is 13.4. The lowest BCUT2D eigenvalue weighted by Crippen LogP contribution is -2.24. The summed E-state index contributed by atoms with van der Waals surface area (Å²) in [7, 11) is 0. The first-order valence-corrected chi connectivity index (χ1v) is 10.8. The Kier molecular flexibility index (Phi) is 5.09. The van der Waals surface area contributed by atoms with Crippen LogP contribution in [0.25, 0.3) is 21.8 Å². The van der Waals surface area contributed by atoms with E-state index < -0.39 is 0 Å². The van der Waals surface area contributed by atoms with Crippen LogP contribution in [0.3, 0.4) is 0 Å². The smallest absolute Gasteiger partial charge is 0.262 e. The number of benzene rings is 1. The van der Waals surface area contributed by atoms with Crippen LogP contribution in [0.5, 0.6) is 0 Å². The van der Waals surface area contributed by atoms with Gasteiger partial charge >= 0.3 is 0 Å². The van der Waals surface area contributed by atoms with Crippen molar-refractivity contribution in [3.05, 3.63) is 69.4 Å². The molecule has 0 unspecified atom stereocenters. The fraction of sp³-hybridized carbons (Fsp3) is 0.375. The molecule has 0 spiro atoms. The molecule has 1 aliphatic carbocycles. The van der Waals surface area contributed by atoms with E-state index in [2.05, 4.69) is 32.6 Å². The summed E-state index contributed by atoms with van der Waals surface area (Å²) in [5.41, 5.74) is 6.77. The number of nitrogens with one attached hydrogen (secondary N) is 2. The molecule has 154 valence electrons. The van der Waals surface area contributed by atoms with Gasteiger partial charge in [-0.3, -0.25) is 14.9 Å². The van der Waals surface area contributed by atoms with Gasteiger partial charge in [0.05, 0.1) is 10.9 Å². The van der Waals surface area contributed by atoms with Gasteiger partial charge in [0, 0.05) is 36.6 Å². The van der Waals surface area contributed by atoms with Crippen molar-refractivity contribution < 1.29 is 0 Å². The summed E-state index contributed by atoms with van der Waals surface area (Å²) in [5, 5.41) is 12.8. The third-order valence-electron chi connectivity index (χ3n) is 6.23. The van der Waals surface area contributed by atoms with Gasteiger partial charge in [-0.15, -0.1) is 0 Å². The lowest BCUT2D eigenvalue weighted by molar-refractivity contribution is 0.582. The molecular weight excluding hydrogens is 374 g/mol. The number of aromatic nitrogens is 4. The van der Waals surface area contributed by atoms with Crippen molar-refractivity contribution in [1.82, 2.24) is 25.1 Å². The van der Waals surface area contributed by atoms with Gasteiger partial charge < -0.3 is 9.88 Å². The highest BCUT2D eigenvalue weighted by Crippen LogP contribution is 2.30. The number of aryl methyl sites for hydroxylation is 4. The molecule has 2 N–H and O–H groups in total. The molecule has 5 rings (SSSR count). The molecule has 6 heteroatoms.